The Hall–Kier alpha value is -12.0. The van der Waals surface area contributed by atoms with E-state index in [2.05, 4.69) is 128 Å². The van der Waals surface area contributed by atoms with Crippen LogP contribution in [-0.2, 0) is 22.7 Å². The molecule has 8 aromatic heterocycles. The number of methoxy groups -OCH3 is 4. The fraction of sp³-hybridized carbons (Fsp3) is 0.509. The van der Waals surface area contributed by atoms with Crippen molar-refractivity contribution in [3.05, 3.63) is 192 Å². The van der Waals surface area contributed by atoms with Crippen molar-refractivity contribution in [3.8, 4) is 23.0 Å². The van der Waals surface area contributed by atoms with Crippen LogP contribution in [0.4, 0.5) is 64.1 Å². The van der Waals surface area contributed by atoms with Gasteiger partial charge in [-0.05, 0) is 236 Å². The summed E-state index contributed by atoms with van der Waals surface area (Å²) in [4.78, 5) is 73.6. The average Bonchev–Trinajstić information content (AvgIpc) is 1.46. The molecule has 16 heterocycles. The molecule has 0 spiro atoms. The Balaban J connectivity index is 0.000000110. The third kappa shape index (κ3) is 19.0. The number of hydrogen-bond donors (Lipinski definition) is 4. The fourth-order valence-corrected chi connectivity index (χ4v) is 22.0. The van der Waals surface area contributed by atoms with Crippen LogP contribution in [0.2, 0.25) is 0 Å². The van der Waals surface area contributed by atoms with Gasteiger partial charge in [-0.3, -0.25) is 0 Å². The van der Waals surface area contributed by atoms with Gasteiger partial charge in [0, 0.05) is 126 Å². The minimum atomic E-state index is -1.43. The van der Waals surface area contributed by atoms with Crippen molar-refractivity contribution in [1.82, 2.24) is 59.8 Å². The second-order valence-corrected chi connectivity index (χ2v) is 39.9. The van der Waals surface area contributed by atoms with Crippen LogP contribution in [0.3, 0.4) is 0 Å². The van der Waals surface area contributed by atoms with Crippen molar-refractivity contribution in [2.24, 2.45) is 0 Å². The first-order valence-corrected chi connectivity index (χ1v) is 49.9. The summed E-state index contributed by atoms with van der Waals surface area (Å²) in [5, 5.41) is 43.5. The highest BCUT2D eigenvalue weighted by Crippen LogP contribution is 2.53. The van der Waals surface area contributed by atoms with E-state index in [0.717, 1.165) is 260 Å². The summed E-state index contributed by atoms with van der Waals surface area (Å²) >= 11 is 0. The number of nitrogens with zero attached hydrogens (tertiary/aromatic N) is 20. The zero-order chi connectivity index (χ0) is 94.6. The van der Waals surface area contributed by atoms with E-state index >= 15 is 17.6 Å². The second kappa shape index (κ2) is 39.0. The molecular weight excluding hydrogens is 1760 g/mol. The molecule has 0 unspecified atom stereocenters. The van der Waals surface area contributed by atoms with Crippen LogP contribution in [0.1, 0.15) is 210 Å². The largest absolute Gasteiger partial charge is 0.496 e. The summed E-state index contributed by atoms with van der Waals surface area (Å²) in [5.41, 5.74) is 2.04. The summed E-state index contributed by atoms with van der Waals surface area (Å²) in [6, 6.07) is 41.0. The van der Waals surface area contributed by atoms with Crippen LogP contribution in [0.15, 0.2) is 146 Å². The molecule has 4 saturated carbocycles. The third-order valence-corrected chi connectivity index (χ3v) is 30.9. The summed E-state index contributed by atoms with van der Waals surface area (Å²) in [5.74, 6) is 13.0. The third-order valence-electron chi connectivity index (χ3n) is 30.9. The van der Waals surface area contributed by atoms with Crippen molar-refractivity contribution >= 4 is 90.2 Å². The molecule has 138 heavy (non-hydrogen) atoms. The molecule has 8 saturated heterocycles. The highest BCUT2D eigenvalue weighted by molar-refractivity contribution is 5.94. The Labute approximate surface area is 801 Å². The molecule has 724 valence electrons. The molecule has 12 fully saturated rings. The number of β-amino-alcohol motifs (C(OH)–C–C–N with tert-alkyl or cyclic N) is 4. The van der Waals surface area contributed by atoms with Gasteiger partial charge in [0.15, 0.2) is 46.0 Å². The molecule has 4 aromatic carbocycles. The lowest BCUT2D eigenvalue weighted by atomic mass is 9.81. The molecule has 12 aromatic rings. The smallest absolute Gasteiger partial charge is 0.170 e. The van der Waals surface area contributed by atoms with Crippen molar-refractivity contribution in [2.75, 3.05) is 172 Å². The van der Waals surface area contributed by atoms with Gasteiger partial charge in [-0.25, -0.2) is 77.4 Å². The van der Waals surface area contributed by atoms with Crippen LogP contribution in [0, 0.1) is 0 Å². The normalized spacial score (nSPS) is 22.4. The van der Waals surface area contributed by atoms with Gasteiger partial charge in [-0.1, -0.05) is 72.8 Å². The summed E-state index contributed by atoms with van der Waals surface area (Å²) in [6.07, 6.45) is 21.9. The maximum absolute atomic E-state index is 15.4. The van der Waals surface area contributed by atoms with Gasteiger partial charge < -0.3 is 78.6 Å². The van der Waals surface area contributed by atoms with Gasteiger partial charge in [-0.2, -0.15) is 0 Å². The van der Waals surface area contributed by atoms with Gasteiger partial charge in [0.1, 0.15) is 69.5 Å². The Kier molecular flexibility index (Phi) is 26.1. The highest BCUT2D eigenvalue weighted by atomic mass is 19.2. The van der Waals surface area contributed by atoms with E-state index in [0.29, 0.717) is 135 Å². The number of halogens is 4. The fourth-order valence-electron chi connectivity index (χ4n) is 22.0. The number of aliphatic hydroxyl groups excluding tert-OH is 4. The number of hydrogen-bond acceptors (Lipinski definition) is 28. The van der Waals surface area contributed by atoms with E-state index in [9.17, 15) is 20.4 Å². The van der Waals surface area contributed by atoms with Crippen molar-refractivity contribution in [3.63, 3.8) is 0 Å². The predicted molar refractivity (Wildman–Crippen MR) is 527 cm³/mol. The number of fused-ring (bicyclic) bond motifs is 4. The SMILES string of the molecule is COc1ccccc1C1CCN(c2nc(C3(F)CC3)nc3cnc(N4CC[C@@H](O)C4)cc23)CC1.COc1ccccc1C1CCN(c2nc(C3(F)CC3)nc3cnc(N4CC[C@H](O)C4)cc23)CC1.COc1ccccc1C1CCN(c2nc(C3(F)CCC3)nc3cnc(N4CC[C@@H](O)C4)cc23)CC1.COc1ccccc1C1CCN(c2nc(C3(F)CCC3)nc3cnc(N4CC[C@H](O)C4)cc23)CC1. The minimum absolute atomic E-state index is 0.285. The minimum Gasteiger partial charge on any atom is -0.496 e. The number of aliphatic hydroxyl groups is 4. The summed E-state index contributed by atoms with van der Waals surface area (Å²) in [7, 11) is 6.89. The molecular formula is C106H124F4N20O8. The van der Waals surface area contributed by atoms with Crippen LogP contribution in [0.5, 0.6) is 23.0 Å². The molecule has 8 aliphatic heterocycles. The lowest BCUT2D eigenvalue weighted by Crippen LogP contribution is -2.36. The van der Waals surface area contributed by atoms with Crippen LogP contribution >= 0.6 is 0 Å². The Morgan fingerprint density at radius 1 is 0.268 bits per heavy atom. The Bertz CT molecular complexity index is 6010. The van der Waals surface area contributed by atoms with Gasteiger partial charge >= 0.3 is 0 Å². The van der Waals surface area contributed by atoms with Crippen molar-refractivity contribution in [2.45, 2.75) is 212 Å². The standard InChI is InChI=1S/2C27H32FN5O2.2C26H30FN5O2/c2*1-35-23-6-3-2-5-20(23)18-7-12-32(13-8-18)25-21-15-24(33-14-9-19(34)17-33)29-16-22(21)30-26(31-25)27(28)10-4-11-27;2*1-34-22-5-3-2-4-19(22)17-6-11-31(12-7-17)24-20-14-23(32-13-8-18(33)16-32)28-15-21(20)29-25(30-24)26(27)9-10-26/h2*2-3,5-6,15-16,18-19,34H,4,7-14,17H2,1H3;2*2-5,14-15,17-18,33H,6-13,16H2,1H3/t2*19-;2*18-/m1010/s1. The molecule has 32 heteroatoms. The number of para-hydroxylation sites is 4. The average molecular weight is 1880 g/mol. The zero-order valence-electron chi connectivity index (χ0n) is 79.2. The topological polar surface area (TPSA) is 298 Å². The van der Waals surface area contributed by atoms with Crippen LogP contribution in [0.25, 0.3) is 43.6 Å². The van der Waals surface area contributed by atoms with E-state index in [1.165, 1.54) is 22.3 Å². The number of alkyl halides is 4. The first kappa shape index (κ1) is 92.4. The molecule has 24 rings (SSSR count). The molecule has 4 aliphatic carbocycles. The van der Waals surface area contributed by atoms with E-state index in [4.69, 9.17) is 38.9 Å². The number of piperidine rings is 4. The summed E-state index contributed by atoms with van der Waals surface area (Å²) < 4.78 is 83.3. The maximum Gasteiger partial charge on any atom is 0.170 e. The first-order valence-electron chi connectivity index (χ1n) is 49.9. The number of aromatic nitrogens is 12. The van der Waals surface area contributed by atoms with E-state index in [-0.39, 0.29) is 36.1 Å². The van der Waals surface area contributed by atoms with Gasteiger partial charge in [-0.15, -0.1) is 0 Å². The van der Waals surface area contributed by atoms with Crippen LogP contribution in [-0.4, -0.2) is 238 Å². The first-order chi connectivity index (χ1) is 67.1. The summed E-state index contributed by atoms with van der Waals surface area (Å²) in [6.45, 7) is 12.0. The quantitative estimate of drug-likeness (QED) is 0.0515. The number of ether oxygens (including phenoxy) is 4. The van der Waals surface area contributed by atoms with Crippen molar-refractivity contribution in [1.29, 1.82) is 0 Å². The predicted octanol–water partition coefficient (Wildman–Crippen LogP) is 16.6. The molecule has 4 atom stereocenters. The zero-order valence-corrected chi connectivity index (χ0v) is 79.2. The number of pyridine rings is 4. The number of rotatable bonds is 20. The Morgan fingerprint density at radius 2 is 0.471 bits per heavy atom. The molecule has 0 bridgehead atoms. The number of benzene rings is 4. The lowest BCUT2D eigenvalue weighted by molar-refractivity contribution is 0.0510. The van der Waals surface area contributed by atoms with E-state index in [1.807, 2.05) is 72.8 Å². The monoisotopic (exact) mass is 1880 g/mol. The molecule has 28 nitrogen and oxygen atoms in total. The maximum atomic E-state index is 15.4. The van der Waals surface area contributed by atoms with E-state index in [1.54, 1.807) is 53.2 Å². The number of anilines is 8. The lowest BCUT2D eigenvalue weighted by Gasteiger charge is -2.36. The van der Waals surface area contributed by atoms with Gasteiger partial charge in [0.05, 0.1) is 99.7 Å². The van der Waals surface area contributed by atoms with E-state index < -0.39 is 22.7 Å². The Morgan fingerprint density at radius 3 is 0.652 bits per heavy atom. The molecule has 0 amide bonds. The second-order valence-electron chi connectivity index (χ2n) is 39.9. The van der Waals surface area contributed by atoms with Gasteiger partial charge in [0.25, 0.3) is 0 Å². The van der Waals surface area contributed by atoms with Gasteiger partial charge in [0.2, 0.25) is 0 Å². The van der Waals surface area contributed by atoms with Crippen molar-refractivity contribution < 1.29 is 56.9 Å². The molecule has 12 aliphatic rings. The molecule has 4 N–H and O–H groups in total. The molecule has 0 radical (unpaired) electrons. The van der Waals surface area contributed by atoms with Crippen LogP contribution < -0.4 is 58.1 Å². The highest BCUT2D eigenvalue weighted by Gasteiger charge is 2.51.